The summed E-state index contributed by atoms with van der Waals surface area (Å²) in [6, 6.07) is 3.52. The smallest absolute Gasteiger partial charge is 0.316 e. The molecule has 104 valence electrons. The zero-order chi connectivity index (χ0) is 14.6. The number of amides is 1. The summed E-state index contributed by atoms with van der Waals surface area (Å²) in [4.78, 5) is 22.8. The van der Waals surface area contributed by atoms with E-state index in [-0.39, 0.29) is 6.42 Å². The van der Waals surface area contributed by atoms with Crippen molar-refractivity contribution in [3.05, 3.63) is 23.3 Å². The van der Waals surface area contributed by atoms with Crippen LogP contribution in [0.5, 0.6) is 5.75 Å². The van der Waals surface area contributed by atoms with Crippen LogP contribution in [0.1, 0.15) is 24.5 Å². The van der Waals surface area contributed by atoms with Gasteiger partial charge in [-0.15, -0.1) is 0 Å². The van der Waals surface area contributed by atoms with Gasteiger partial charge in [0, 0.05) is 5.69 Å². The normalized spacial score (nSPS) is 11.8. The summed E-state index contributed by atoms with van der Waals surface area (Å²) in [5.74, 6) is -1.87. The maximum atomic E-state index is 11.8. The highest BCUT2D eigenvalue weighted by molar-refractivity contribution is 6.04. The molecule has 5 nitrogen and oxygen atoms in total. The van der Waals surface area contributed by atoms with E-state index in [4.69, 9.17) is 9.84 Å². The lowest BCUT2D eigenvalue weighted by Gasteiger charge is -2.14. The van der Waals surface area contributed by atoms with Gasteiger partial charge in [-0.2, -0.15) is 0 Å². The highest BCUT2D eigenvalue weighted by Crippen LogP contribution is 2.27. The molecule has 1 rings (SSSR count). The first-order valence-electron chi connectivity index (χ1n) is 6.09. The van der Waals surface area contributed by atoms with Gasteiger partial charge in [0.05, 0.1) is 7.11 Å². The zero-order valence-electron chi connectivity index (χ0n) is 11.6. The number of hydrogen-bond donors (Lipinski definition) is 2. The molecule has 0 aliphatic heterocycles. The van der Waals surface area contributed by atoms with E-state index in [9.17, 15) is 9.59 Å². The van der Waals surface area contributed by atoms with Gasteiger partial charge in [0.2, 0.25) is 5.91 Å². The van der Waals surface area contributed by atoms with Crippen LogP contribution in [0.4, 0.5) is 5.69 Å². The molecule has 0 saturated carbocycles. The molecule has 0 fully saturated rings. The summed E-state index contributed by atoms with van der Waals surface area (Å²) in [6.45, 7) is 5.41. The number of carboxylic acid groups (broad SMARTS) is 1. The number of carbonyl (C=O) groups is 2. The molecule has 0 saturated heterocycles. The fourth-order valence-corrected chi connectivity index (χ4v) is 2.05. The van der Waals surface area contributed by atoms with E-state index in [1.54, 1.807) is 26.2 Å². The third kappa shape index (κ3) is 3.47. The van der Waals surface area contributed by atoms with Crippen molar-refractivity contribution in [2.24, 2.45) is 5.92 Å². The van der Waals surface area contributed by atoms with Crippen molar-refractivity contribution in [2.45, 2.75) is 27.2 Å². The van der Waals surface area contributed by atoms with Crippen molar-refractivity contribution in [2.75, 3.05) is 12.4 Å². The first-order valence-corrected chi connectivity index (χ1v) is 6.09. The second-order valence-corrected chi connectivity index (χ2v) is 4.43. The van der Waals surface area contributed by atoms with Gasteiger partial charge in [0.1, 0.15) is 11.7 Å². The SMILES string of the molecule is CCC(C(=O)O)C(=O)Nc1cc(C)c(OC)c(C)c1. The van der Waals surface area contributed by atoms with E-state index in [0.29, 0.717) is 5.69 Å². The second kappa shape index (κ2) is 6.22. The highest BCUT2D eigenvalue weighted by Gasteiger charge is 2.24. The largest absolute Gasteiger partial charge is 0.496 e. The summed E-state index contributed by atoms with van der Waals surface area (Å²) in [5.41, 5.74) is 2.36. The maximum Gasteiger partial charge on any atom is 0.316 e. The monoisotopic (exact) mass is 265 g/mol. The summed E-state index contributed by atoms with van der Waals surface area (Å²) >= 11 is 0. The van der Waals surface area contributed by atoms with Gasteiger partial charge in [-0.1, -0.05) is 6.92 Å². The molecule has 1 aromatic carbocycles. The van der Waals surface area contributed by atoms with E-state index in [1.807, 2.05) is 13.8 Å². The average molecular weight is 265 g/mol. The summed E-state index contributed by atoms with van der Waals surface area (Å²) in [6.07, 6.45) is 0.259. The number of aliphatic carboxylic acids is 1. The number of carboxylic acids is 1. The number of nitrogens with one attached hydrogen (secondary N) is 1. The van der Waals surface area contributed by atoms with Crippen molar-refractivity contribution in [3.63, 3.8) is 0 Å². The number of ether oxygens (including phenoxy) is 1. The standard InChI is InChI=1S/C14H19NO4/c1-5-11(14(17)18)13(16)15-10-6-8(2)12(19-4)9(3)7-10/h6-7,11H,5H2,1-4H3,(H,15,16)(H,17,18). The van der Waals surface area contributed by atoms with E-state index < -0.39 is 17.8 Å². The van der Waals surface area contributed by atoms with Crippen LogP contribution in [0, 0.1) is 19.8 Å². The average Bonchev–Trinajstić information content (AvgIpc) is 2.28. The Hall–Kier alpha value is -2.04. The molecule has 0 bridgehead atoms. The molecule has 1 atom stereocenters. The molecule has 0 heterocycles. The molecule has 0 radical (unpaired) electrons. The van der Waals surface area contributed by atoms with Gasteiger partial charge < -0.3 is 15.2 Å². The van der Waals surface area contributed by atoms with Crippen molar-refractivity contribution < 1.29 is 19.4 Å². The predicted octanol–water partition coefficient (Wildman–Crippen LogP) is 2.36. The Bertz CT molecular complexity index is 473. The molecule has 1 aromatic rings. The summed E-state index contributed by atoms with van der Waals surface area (Å²) in [7, 11) is 1.59. The lowest BCUT2D eigenvalue weighted by Crippen LogP contribution is -2.29. The highest BCUT2D eigenvalue weighted by atomic mass is 16.5. The van der Waals surface area contributed by atoms with Gasteiger partial charge in [0.15, 0.2) is 0 Å². The van der Waals surface area contributed by atoms with Crippen LogP contribution < -0.4 is 10.1 Å². The van der Waals surface area contributed by atoms with Gasteiger partial charge in [-0.25, -0.2) is 0 Å². The van der Waals surface area contributed by atoms with Crippen LogP contribution >= 0.6 is 0 Å². The van der Waals surface area contributed by atoms with Crippen LogP contribution in [0.15, 0.2) is 12.1 Å². The van der Waals surface area contributed by atoms with Crippen molar-refractivity contribution >= 4 is 17.6 Å². The van der Waals surface area contributed by atoms with Crippen molar-refractivity contribution in [1.82, 2.24) is 0 Å². The molecule has 0 aliphatic carbocycles. The van der Waals surface area contributed by atoms with E-state index >= 15 is 0 Å². The molecular formula is C14H19NO4. The van der Waals surface area contributed by atoms with Crippen LogP contribution in [-0.4, -0.2) is 24.1 Å². The minimum Gasteiger partial charge on any atom is -0.496 e. The Morgan fingerprint density at radius 1 is 1.32 bits per heavy atom. The third-order valence-electron chi connectivity index (χ3n) is 2.95. The minimum atomic E-state index is -1.11. The maximum absolute atomic E-state index is 11.8. The number of methoxy groups -OCH3 is 1. The lowest BCUT2D eigenvalue weighted by molar-refractivity contribution is -0.145. The van der Waals surface area contributed by atoms with Gasteiger partial charge in [0.25, 0.3) is 0 Å². The number of aryl methyl sites for hydroxylation is 2. The Kier molecular flexibility index (Phi) is 4.92. The zero-order valence-corrected chi connectivity index (χ0v) is 11.6. The Balaban J connectivity index is 2.94. The van der Waals surface area contributed by atoms with Crippen LogP contribution in [0.3, 0.4) is 0 Å². The summed E-state index contributed by atoms with van der Waals surface area (Å²) < 4.78 is 5.24. The van der Waals surface area contributed by atoms with Crippen LogP contribution in [0.25, 0.3) is 0 Å². The van der Waals surface area contributed by atoms with Gasteiger partial charge >= 0.3 is 5.97 Å². The number of anilines is 1. The fourth-order valence-electron chi connectivity index (χ4n) is 2.05. The predicted molar refractivity (Wildman–Crippen MR) is 72.5 cm³/mol. The molecular weight excluding hydrogens is 246 g/mol. The fraction of sp³-hybridized carbons (Fsp3) is 0.429. The Labute approximate surface area is 112 Å². The Morgan fingerprint density at radius 2 is 1.84 bits per heavy atom. The molecule has 2 N–H and O–H groups in total. The first kappa shape index (κ1) is 15.0. The molecule has 19 heavy (non-hydrogen) atoms. The molecule has 1 unspecified atom stereocenters. The van der Waals surface area contributed by atoms with Crippen LogP contribution in [-0.2, 0) is 9.59 Å². The number of carbonyl (C=O) groups excluding carboxylic acids is 1. The Morgan fingerprint density at radius 3 is 2.21 bits per heavy atom. The number of rotatable bonds is 5. The number of benzene rings is 1. The van der Waals surface area contributed by atoms with Crippen molar-refractivity contribution in [1.29, 1.82) is 0 Å². The van der Waals surface area contributed by atoms with Crippen LogP contribution in [0.2, 0.25) is 0 Å². The molecule has 0 aromatic heterocycles. The second-order valence-electron chi connectivity index (χ2n) is 4.43. The van der Waals surface area contributed by atoms with Gasteiger partial charge in [-0.3, -0.25) is 9.59 Å². The topological polar surface area (TPSA) is 75.6 Å². The lowest BCUT2D eigenvalue weighted by atomic mass is 10.1. The van der Waals surface area contributed by atoms with Gasteiger partial charge in [-0.05, 0) is 43.5 Å². The van der Waals surface area contributed by atoms with E-state index in [0.717, 1.165) is 16.9 Å². The first-order chi connectivity index (χ1) is 8.90. The van der Waals surface area contributed by atoms with E-state index in [2.05, 4.69) is 5.32 Å². The van der Waals surface area contributed by atoms with Crippen molar-refractivity contribution in [3.8, 4) is 5.75 Å². The third-order valence-corrected chi connectivity index (χ3v) is 2.95. The van der Waals surface area contributed by atoms with E-state index in [1.165, 1.54) is 0 Å². The molecule has 5 heteroatoms. The minimum absolute atomic E-state index is 0.259. The summed E-state index contributed by atoms with van der Waals surface area (Å²) in [5, 5.41) is 11.6. The molecule has 0 spiro atoms. The quantitative estimate of drug-likeness (QED) is 0.801. The number of hydrogen-bond acceptors (Lipinski definition) is 3. The molecule has 0 aliphatic rings. The molecule has 1 amide bonds.